The maximum absolute atomic E-state index is 10.8. The molecule has 28 heavy (non-hydrogen) atoms. The van der Waals surface area contributed by atoms with Crippen molar-refractivity contribution in [3.63, 3.8) is 0 Å². The Morgan fingerprint density at radius 2 is 2.07 bits per heavy atom. The van der Waals surface area contributed by atoms with E-state index in [9.17, 15) is 5.11 Å². The Labute approximate surface area is 164 Å². The molecule has 0 amide bonds. The van der Waals surface area contributed by atoms with Crippen LogP contribution in [-0.4, -0.2) is 21.6 Å². The molecule has 1 atom stereocenters. The smallest absolute Gasteiger partial charge is 0.221 e. The SMILES string of the molecule is Cc1cc(C(C)(O)C#Cc2ccc3c(c2)N(c2ccnc(N)n2)CC3)c(C)o1. The molecule has 0 saturated heterocycles. The van der Waals surface area contributed by atoms with Crippen molar-refractivity contribution in [3.05, 3.63) is 64.7 Å². The summed E-state index contributed by atoms with van der Waals surface area (Å²) in [5, 5.41) is 10.8. The molecule has 0 radical (unpaired) electrons. The van der Waals surface area contributed by atoms with Crippen molar-refractivity contribution in [2.45, 2.75) is 32.8 Å². The van der Waals surface area contributed by atoms with Crippen molar-refractivity contribution in [2.75, 3.05) is 17.2 Å². The number of fused-ring (bicyclic) bond motifs is 1. The van der Waals surface area contributed by atoms with Gasteiger partial charge in [0.25, 0.3) is 0 Å². The molecule has 142 valence electrons. The molecular formula is C22H22N4O2. The Kier molecular flexibility index (Phi) is 4.33. The maximum Gasteiger partial charge on any atom is 0.221 e. The number of nitrogens with two attached hydrogens (primary N) is 1. The van der Waals surface area contributed by atoms with Gasteiger partial charge < -0.3 is 20.2 Å². The quantitative estimate of drug-likeness (QED) is 0.670. The molecule has 0 saturated carbocycles. The highest BCUT2D eigenvalue weighted by Gasteiger charge is 2.26. The zero-order valence-corrected chi connectivity index (χ0v) is 16.2. The number of nitrogen functional groups attached to an aromatic ring is 1. The van der Waals surface area contributed by atoms with Crippen molar-refractivity contribution in [2.24, 2.45) is 0 Å². The number of rotatable bonds is 2. The van der Waals surface area contributed by atoms with E-state index in [0.29, 0.717) is 11.3 Å². The van der Waals surface area contributed by atoms with Crippen molar-refractivity contribution >= 4 is 17.5 Å². The molecule has 3 heterocycles. The van der Waals surface area contributed by atoms with Gasteiger partial charge in [-0.25, -0.2) is 4.98 Å². The number of hydrogen-bond donors (Lipinski definition) is 2. The van der Waals surface area contributed by atoms with Gasteiger partial charge in [0.1, 0.15) is 17.3 Å². The topological polar surface area (TPSA) is 88.4 Å². The standard InChI is InChI=1S/C22H22N4O2/c1-14-12-18(15(2)28-14)22(3,27)9-6-16-4-5-17-8-11-26(19(17)13-16)20-7-10-24-21(23)25-20/h4-5,7,10,12-13,27H,8,11H2,1-3H3,(H2,23,24,25). The van der Waals surface area contributed by atoms with E-state index in [1.54, 1.807) is 13.1 Å². The summed E-state index contributed by atoms with van der Waals surface area (Å²) in [6, 6.07) is 9.75. The fraction of sp³-hybridized carbons (Fsp3) is 0.273. The summed E-state index contributed by atoms with van der Waals surface area (Å²) in [4.78, 5) is 10.4. The number of furan rings is 1. The number of aryl methyl sites for hydroxylation is 2. The van der Waals surface area contributed by atoms with Gasteiger partial charge >= 0.3 is 0 Å². The van der Waals surface area contributed by atoms with Crippen LogP contribution in [0.4, 0.5) is 17.5 Å². The third-order valence-electron chi connectivity index (χ3n) is 4.93. The van der Waals surface area contributed by atoms with Crippen LogP contribution in [0.15, 0.2) is 40.9 Å². The Bertz CT molecular complexity index is 1110. The average Bonchev–Trinajstić information content (AvgIpc) is 3.22. The number of benzene rings is 1. The second-order valence-corrected chi connectivity index (χ2v) is 7.17. The van der Waals surface area contributed by atoms with E-state index in [4.69, 9.17) is 10.2 Å². The van der Waals surface area contributed by atoms with Gasteiger partial charge in [0, 0.05) is 29.6 Å². The third kappa shape index (κ3) is 3.32. The van der Waals surface area contributed by atoms with Crippen molar-refractivity contribution in [1.29, 1.82) is 0 Å². The first kappa shape index (κ1) is 18.1. The van der Waals surface area contributed by atoms with E-state index in [1.807, 2.05) is 38.1 Å². The van der Waals surface area contributed by atoms with Crippen LogP contribution in [0.2, 0.25) is 0 Å². The highest BCUT2D eigenvalue weighted by molar-refractivity contribution is 5.69. The van der Waals surface area contributed by atoms with Gasteiger partial charge in [-0.15, -0.1) is 0 Å². The average molecular weight is 374 g/mol. The Hall–Kier alpha value is -3.30. The van der Waals surface area contributed by atoms with Crippen LogP contribution in [0, 0.1) is 25.7 Å². The van der Waals surface area contributed by atoms with Crippen molar-refractivity contribution in [3.8, 4) is 11.8 Å². The molecule has 1 aliphatic rings. The Morgan fingerprint density at radius 1 is 1.25 bits per heavy atom. The summed E-state index contributed by atoms with van der Waals surface area (Å²) in [6.07, 6.45) is 2.59. The second-order valence-electron chi connectivity index (χ2n) is 7.17. The lowest BCUT2D eigenvalue weighted by Gasteiger charge is -2.18. The lowest BCUT2D eigenvalue weighted by molar-refractivity contribution is 0.120. The molecule has 6 nitrogen and oxygen atoms in total. The predicted molar refractivity (Wildman–Crippen MR) is 108 cm³/mol. The van der Waals surface area contributed by atoms with Gasteiger partial charge in [-0.2, -0.15) is 4.98 Å². The van der Waals surface area contributed by atoms with Crippen LogP contribution in [0.5, 0.6) is 0 Å². The van der Waals surface area contributed by atoms with Gasteiger partial charge in [-0.3, -0.25) is 0 Å². The molecule has 1 aromatic carbocycles. The minimum absolute atomic E-state index is 0.253. The normalized spacial score (nSPS) is 14.9. The highest BCUT2D eigenvalue weighted by atomic mass is 16.3. The first-order valence-electron chi connectivity index (χ1n) is 9.15. The summed E-state index contributed by atoms with van der Waals surface area (Å²) in [5.74, 6) is 8.55. The van der Waals surface area contributed by atoms with E-state index < -0.39 is 5.60 Å². The van der Waals surface area contributed by atoms with Crippen molar-refractivity contribution < 1.29 is 9.52 Å². The molecule has 3 aromatic rings. The summed E-state index contributed by atoms with van der Waals surface area (Å²) in [6.45, 7) is 6.20. The number of aromatic nitrogens is 2. The molecular weight excluding hydrogens is 352 g/mol. The molecule has 2 aromatic heterocycles. The summed E-state index contributed by atoms with van der Waals surface area (Å²) < 4.78 is 5.53. The monoisotopic (exact) mass is 374 g/mol. The zero-order chi connectivity index (χ0) is 19.9. The number of aliphatic hydroxyl groups is 1. The van der Waals surface area contributed by atoms with Crippen LogP contribution < -0.4 is 10.6 Å². The van der Waals surface area contributed by atoms with Gasteiger partial charge in [-0.1, -0.05) is 17.9 Å². The lowest BCUT2D eigenvalue weighted by Crippen LogP contribution is -2.18. The van der Waals surface area contributed by atoms with E-state index in [0.717, 1.165) is 35.8 Å². The van der Waals surface area contributed by atoms with Crippen LogP contribution in [0.25, 0.3) is 0 Å². The minimum Gasteiger partial charge on any atom is -0.466 e. The molecule has 1 unspecified atom stereocenters. The fourth-order valence-electron chi connectivity index (χ4n) is 3.58. The highest BCUT2D eigenvalue weighted by Crippen LogP contribution is 2.34. The van der Waals surface area contributed by atoms with E-state index in [2.05, 4.69) is 32.8 Å². The van der Waals surface area contributed by atoms with Crippen LogP contribution in [-0.2, 0) is 12.0 Å². The molecule has 1 aliphatic heterocycles. The first-order valence-corrected chi connectivity index (χ1v) is 9.15. The molecule has 6 heteroatoms. The predicted octanol–water partition coefficient (Wildman–Crippen LogP) is 3.22. The van der Waals surface area contributed by atoms with E-state index in [1.165, 1.54) is 5.56 Å². The summed E-state index contributed by atoms with van der Waals surface area (Å²) in [7, 11) is 0. The fourth-order valence-corrected chi connectivity index (χ4v) is 3.58. The number of hydrogen-bond acceptors (Lipinski definition) is 6. The largest absolute Gasteiger partial charge is 0.466 e. The van der Waals surface area contributed by atoms with Gasteiger partial charge in [-0.05, 0) is 57.0 Å². The third-order valence-corrected chi connectivity index (χ3v) is 4.93. The molecule has 0 spiro atoms. The van der Waals surface area contributed by atoms with Crippen LogP contribution >= 0.6 is 0 Å². The first-order chi connectivity index (χ1) is 13.3. The number of nitrogens with zero attached hydrogens (tertiary/aromatic N) is 3. The summed E-state index contributed by atoms with van der Waals surface area (Å²) in [5.41, 5.74) is 8.25. The second kappa shape index (κ2) is 6.70. The molecule has 4 rings (SSSR count). The minimum atomic E-state index is -1.29. The maximum atomic E-state index is 10.8. The van der Waals surface area contributed by atoms with Gasteiger partial charge in [0.15, 0.2) is 5.60 Å². The van der Waals surface area contributed by atoms with Crippen LogP contribution in [0.1, 0.15) is 35.1 Å². The Balaban J connectivity index is 1.66. The van der Waals surface area contributed by atoms with E-state index in [-0.39, 0.29) is 5.95 Å². The van der Waals surface area contributed by atoms with E-state index >= 15 is 0 Å². The zero-order valence-electron chi connectivity index (χ0n) is 16.2. The molecule has 3 N–H and O–H groups in total. The van der Waals surface area contributed by atoms with Crippen LogP contribution in [0.3, 0.4) is 0 Å². The molecule has 0 aliphatic carbocycles. The van der Waals surface area contributed by atoms with Gasteiger partial charge in [0.2, 0.25) is 5.95 Å². The van der Waals surface area contributed by atoms with Crippen molar-refractivity contribution in [1.82, 2.24) is 9.97 Å². The molecule has 0 fully saturated rings. The molecule has 0 bridgehead atoms. The number of anilines is 3. The van der Waals surface area contributed by atoms with Gasteiger partial charge in [0.05, 0.1) is 0 Å². The summed E-state index contributed by atoms with van der Waals surface area (Å²) >= 11 is 0. The lowest BCUT2D eigenvalue weighted by atomic mass is 9.96. The Morgan fingerprint density at radius 3 is 2.79 bits per heavy atom.